The van der Waals surface area contributed by atoms with Crippen molar-refractivity contribution in [3.63, 3.8) is 0 Å². The number of carbonyl (C=O) groups is 1. The van der Waals surface area contributed by atoms with Gasteiger partial charge in [0.15, 0.2) is 0 Å². The number of nitrogens with one attached hydrogen (secondary N) is 1. The summed E-state index contributed by atoms with van der Waals surface area (Å²) < 4.78 is 5.07. The number of ether oxygens (including phenoxy) is 1. The van der Waals surface area contributed by atoms with Gasteiger partial charge in [0.1, 0.15) is 5.75 Å². The van der Waals surface area contributed by atoms with Gasteiger partial charge in [-0.25, -0.2) is 0 Å². The smallest absolute Gasteiger partial charge is 0.224 e. The van der Waals surface area contributed by atoms with Crippen LogP contribution in [0, 0.1) is 0 Å². The van der Waals surface area contributed by atoms with Crippen molar-refractivity contribution in [3.05, 3.63) is 41.4 Å². The van der Waals surface area contributed by atoms with Crippen molar-refractivity contribution in [2.24, 2.45) is 0 Å². The number of methoxy groups -OCH3 is 1. The number of carbonyl (C=O) groups excluding carboxylic acids is 1. The summed E-state index contributed by atoms with van der Waals surface area (Å²) in [6.45, 7) is 3.79. The first-order chi connectivity index (χ1) is 7.61. The Morgan fingerprint density at radius 2 is 2.31 bits per heavy atom. The highest BCUT2D eigenvalue weighted by atomic mass is 35.5. The second-order valence-electron chi connectivity index (χ2n) is 3.32. The van der Waals surface area contributed by atoms with E-state index >= 15 is 0 Å². The number of halogens is 1. The Bertz CT molecular complexity index is 390. The molecule has 4 heteroatoms. The van der Waals surface area contributed by atoms with Gasteiger partial charge in [0.2, 0.25) is 5.91 Å². The van der Waals surface area contributed by atoms with Crippen molar-refractivity contribution in [1.29, 1.82) is 0 Å². The minimum absolute atomic E-state index is 0.0879. The first-order valence-electron chi connectivity index (χ1n) is 4.84. The SMILES string of the molecule is C=C(Cl)CNC(=O)Cc1cccc(OC)c1. The summed E-state index contributed by atoms with van der Waals surface area (Å²) in [5.74, 6) is 0.655. The van der Waals surface area contributed by atoms with Crippen molar-refractivity contribution in [2.75, 3.05) is 13.7 Å². The quantitative estimate of drug-likeness (QED) is 0.855. The van der Waals surface area contributed by atoms with Crippen LogP contribution in [-0.4, -0.2) is 19.6 Å². The van der Waals surface area contributed by atoms with Crippen molar-refractivity contribution < 1.29 is 9.53 Å². The molecule has 0 saturated heterocycles. The molecule has 0 fully saturated rings. The monoisotopic (exact) mass is 239 g/mol. The normalized spacial score (nSPS) is 9.62. The molecule has 1 amide bonds. The van der Waals surface area contributed by atoms with Crippen LogP contribution in [0.15, 0.2) is 35.9 Å². The van der Waals surface area contributed by atoms with E-state index in [1.54, 1.807) is 7.11 Å². The van der Waals surface area contributed by atoms with E-state index in [4.69, 9.17) is 16.3 Å². The van der Waals surface area contributed by atoms with Crippen LogP contribution in [0.25, 0.3) is 0 Å². The summed E-state index contributed by atoms with van der Waals surface area (Å²) in [4.78, 5) is 11.5. The zero-order valence-corrected chi connectivity index (χ0v) is 9.88. The van der Waals surface area contributed by atoms with Gasteiger partial charge in [-0.3, -0.25) is 4.79 Å². The third-order valence-corrected chi connectivity index (χ3v) is 2.11. The summed E-state index contributed by atoms with van der Waals surface area (Å²) in [7, 11) is 1.59. The molecule has 0 aliphatic carbocycles. The highest BCUT2D eigenvalue weighted by Gasteiger charge is 2.03. The highest BCUT2D eigenvalue weighted by molar-refractivity contribution is 6.29. The molecule has 86 valence electrons. The van der Waals surface area contributed by atoms with Crippen molar-refractivity contribution >= 4 is 17.5 Å². The van der Waals surface area contributed by atoms with E-state index in [0.29, 0.717) is 18.0 Å². The molecule has 0 heterocycles. The van der Waals surface area contributed by atoms with Gasteiger partial charge in [-0.05, 0) is 17.7 Å². The number of hydrogen-bond donors (Lipinski definition) is 1. The molecule has 3 nitrogen and oxygen atoms in total. The molecule has 0 spiro atoms. The summed E-state index contributed by atoms with van der Waals surface area (Å²) in [6.07, 6.45) is 0.307. The van der Waals surface area contributed by atoms with Crippen molar-refractivity contribution in [1.82, 2.24) is 5.32 Å². The third kappa shape index (κ3) is 4.36. The highest BCUT2D eigenvalue weighted by Crippen LogP contribution is 2.12. The lowest BCUT2D eigenvalue weighted by molar-refractivity contribution is -0.120. The molecule has 16 heavy (non-hydrogen) atoms. The van der Waals surface area contributed by atoms with Crippen molar-refractivity contribution in [2.45, 2.75) is 6.42 Å². The lowest BCUT2D eigenvalue weighted by Crippen LogP contribution is -2.26. The lowest BCUT2D eigenvalue weighted by Gasteiger charge is -2.05. The van der Waals surface area contributed by atoms with Crippen LogP contribution in [0.1, 0.15) is 5.56 Å². The molecule has 0 aromatic heterocycles. The topological polar surface area (TPSA) is 38.3 Å². The van der Waals surface area contributed by atoms with Crippen LogP contribution in [0.4, 0.5) is 0 Å². The molecule has 1 aromatic carbocycles. The molecular formula is C12H14ClNO2. The zero-order valence-electron chi connectivity index (χ0n) is 9.13. The van der Waals surface area contributed by atoms with E-state index in [9.17, 15) is 4.79 Å². The number of hydrogen-bond acceptors (Lipinski definition) is 2. The lowest BCUT2D eigenvalue weighted by atomic mass is 10.1. The molecule has 0 atom stereocenters. The molecule has 0 bridgehead atoms. The Kier molecular flexibility index (Phi) is 4.86. The fourth-order valence-corrected chi connectivity index (χ4v) is 1.29. The van der Waals surface area contributed by atoms with E-state index in [-0.39, 0.29) is 5.91 Å². The van der Waals surface area contributed by atoms with Crippen LogP contribution in [0.5, 0.6) is 5.75 Å². The Hall–Kier alpha value is -1.48. The molecule has 1 N–H and O–H groups in total. The van der Waals surface area contributed by atoms with Crippen LogP contribution in [0.3, 0.4) is 0 Å². The maximum Gasteiger partial charge on any atom is 0.224 e. The zero-order chi connectivity index (χ0) is 12.0. The van der Waals surface area contributed by atoms with Crippen molar-refractivity contribution in [3.8, 4) is 5.75 Å². The largest absolute Gasteiger partial charge is 0.497 e. The van der Waals surface area contributed by atoms with E-state index in [1.165, 1.54) is 0 Å². The Morgan fingerprint density at radius 3 is 2.94 bits per heavy atom. The average molecular weight is 240 g/mol. The van der Waals surface area contributed by atoms with E-state index < -0.39 is 0 Å². The van der Waals surface area contributed by atoms with E-state index in [1.807, 2.05) is 24.3 Å². The van der Waals surface area contributed by atoms with Crippen LogP contribution < -0.4 is 10.1 Å². The fourth-order valence-electron chi connectivity index (χ4n) is 1.22. The first-order valence-corrected chi connectivity index (χ1v) is 5.22. The maximum atomic E-state index is 11.5. The van der Waals surface area contributed by atoms with Gasteiger partial charge in [0.05, 0.1) is 20.1 Å². The van der Waals surface area contributed by atoms with Crippen LogP contribution in [-0.2, 0) is 11.2 Å². The summed E-state index contributed by atoms with van der Waals surface area (Å²) in [5.41, 5.74) is 0.900. The predicted octanol–water partition coefficient (Wildman–Crippen LogP) is 2.11. The Labute approximate surface area is 100 Å². The molecule has 0 radical (unpaired) electrons. The molecule has 1 rings (SSSR count). The summed E-state index contributed by atoms with van der Waals surface area (Å²) in [5, 5.41) is 3.07. The van der Waals surface area contributed by atoms with Gasteiger partial charge < -0.3 is 10.1 Å². The van der Waals surface area contributed by atoms with Crippen LogP contribution in [0.2, 0.25) is 0 Å². The summed E-state index contributed by atoms with van der Waals surface area (Å²) in [6, 6.07) is 7.39. The minimum atomic E-state index is -0.0879. The second kappa shape index (κ2) is 6.18. The van der Waals surface area contributed by atoms with Crippen LogP contribution >= 0.6 is 11.6 Å². The molecule has 0 aliphatic heterocycles. The molecule has 1 aromatic rings. The predicted molar refractivity (Wildman–Crippen MR) is 64.7 cm³/mol. The molecular weight excluding hydrogens is 226 g/mol. The standard InChI is InChI=1S/C12H14ClNO2/c1-9(13)8-14-12(15)7-10-4-3-5-11(6-10)16-2/h3-6H,1,7-8H2,2H3,(H,14,15). The second-order valence-corrected chi connectivity index (χ2v) is 3.86. The average Bonchev–Trinajstić information content (AvgIpc) is 2.26. The van der Waals surface area contributed by atoms with Gasteiger partial charge >= 0.3 is 0 Å². The number of rotatable bonds is 5. The number of benzene rings is 1. The molecule has 0 saturated carbocycles. The number of amides is 1. The third-order valence-electron chi connectivity index (χ3n) is 1.98. The minimum Gasteiger partial charge on any atom is -0.497 e. The van der Waals surface area contributed by atoms with E-state index in [2.05, 4.69) is 11.9 Å². The Balaban J connectivity index is 2.52. The molecule has 0 aliphatic rings. The maximum absolute atomic E-state index is 11.5. The van der Waals surface area contributed by atoms with Gasteiger partial charge in [-0.15, -0.1) is 0 Å². The fraction of sp³-hybridized carbons (Fsp3) is 0.250. The first kappa shape index (κ1) is 12.6. The van der Waals surface area contributed by atoms with Gasteiger partial charge in [0, 0.05) is 5.03 Å². The van der Waals surface area contributed by atoms with Gasteiger partial charge in [-0.2, -0.15) is 0 Å². The molecule has 0 unspecified atom stereocenters. The van der Waals surface area contributed by atoms with E-state index in [0.717, 1.165) is 11.3 Å². The summed E-state index contributed by atoms with van der Waals surface area (Å²) >= 11 is 5.54. The van der Waals surface area contributed by atoms with Gasteiger partial charge in [0.25, 0.3) is 0 Å². The van der Waals surface area contributed by atoms with Gasteiger partial charge in [-0.1, -0.05) is 30.3 Å². The Morgan fingerprint density at radius 1 is 1.56 bits per heavy atom.